The Balaban J connectivity index is 1.81. The molecule has 0 unspecified atom stereocenters. The number of hydrogen-bond donors (Lipinski definition) is 4. The second-order valence-electron chi connectivity index (χ2n) is 9.35. The van der Waals surface area contributed by atoms with E-state index in [-0.39, 0.29) is 38.6 Å². The summed E-state index contributed by atoms with van der Waals surface area (Å²) in [6.07, 6.45) is 1.91. The highest BCUT2D eigenvalue weighted by Crippen LogP contribution is 2.51. The number of benzene rings is 2. The lowest BCUT2D eigenvalue weighted by Crippen LogP contribution is -2.55. The summed E-state index contributed by atoms with van der Waals surface area (Å²) >= 11 is 0. The summed E-state index contributed by atoms with van der Waals surface area (Å²) in [5.74, 6) is -0.541. The van der Waals surface area contributed by atoms with E-state index < -0.39 is 30.1 Å². The molecule has 0 spiro atoms. The van der Waals surface area contributed by atoms with E-state index in [4.69, 9.17) is 9.47 Å². The summed E-state index contributed by atoms with van der Waals surface area (Å²) in [6.45, 7) is 3.49. The van der Waals surface area contributed by atoms with Gasteiger partial charge in [-0.05, 0) is 35.8 Å². The second-order valence-corrected chi connectivity index (χ2v) is 9.35. The van der Waals surface area contributed by atoms with Gasteiger partial charge < -0.3 is 35.0 Å². The molecule has 2 amide bonds. The first-order chi connectivity index (χ1) is 18.4. The summed E-state index contributed by atoms with van der Waals surface area (Å²) in [5.41, 5.74) is 2.36. The van der Waals surface area contributed by atoms with E-state index in [9.17, 15) is 24.9 Å². The Hall–Kier alpha value is -3.66. The third-order valence-corrected chi connectivity index (χ3v) is 6.93. The van der Waals surface area contributed by atoms with Gasteiger partial charge in [-0.1, -0.05) is 36.4 Å². The largest absolute Gasteiger partial charge is 0.493 e. The molecule has 202 valence electrons. The number of fused-ring (bicyclic) bond motifs is 3. The van der Waals surface area contributed by atoms with Crippen LogP contribution in [0.1, 0.15) is 35.4 Å². The maximum atomic E-state index is 13.4. The molecule has 1 heterocycles. The number of allylic oxidation sites excluding steroid dienone is 1. The molecule has 4 rings (SSSR count). The average molecular weight is 523 g/mol. The van der Waals surface area contributed by atoms with Crippen LogP contribution in [0.4, 0.5) is 0 Å². The number of amides is 2. The van der Waals surface area contributed by atoms with Crippen molar-refractivity contribution >= 4 is 11.8 Å². The molecule has 4 atom stereocenters. The Morgan fingerprint density at radius 1 is 1.18 bits per heavy atom. The summed E-state index contributed by atoms with van der Waals surface area (Å²) in [4.78, 5) is 28.3. The molecule has 0 bridgehead atoms. The third kappa shape index (κ3) is 5.45. The van der Waals surface area contributed by atoms with E-state index in [0.29, 0.717) is 34.6 Å². The van der Waals surface area contributed by atoms with E-state index in [1.165, 1.54) is 7.11 Å². The van der Waals surface area contributed by atoms with Gasteiger partial charge in [0.1, 0.15) is 12.2 Å². The number of nitrogens with zero attached hydrogens (tertiary/aromatic N) is 1. The van der Waals surface area contributed by atoms with Crippen LogP contribution in [-0.4, -0.2) is 70.5 Å². The molecule has 1 aliphatic heterocycles. The van der Waals surface area contributed by atoms with Gasteiger partial charge in [-0.3, -0.25) is 9.59 Å². The van der Waals surface area contributed by atoms with Crippen molar-refractivity contribution in [3.8, 4) is 11.5 Å². The first-order valence-corrected chi connectivity index (χ1v) is 12.6. The fraction of sp³-hybridized carbons (Fsp3) is 0.379. The van der Waals surface area contributed by atoms with Crippen LogP contribution in [0.3, 0.4) is 0 Å². The van der Waals surface area contributed by atoms with Crippen LogP contribution in [0, 0.1) is 0 Å². The predicted octanol–water partition coefficient (Wildman–Crippen LogP) is 1.81. The van der Waals surface area contributed by atoms with E-state index >= 15 is 0 Å². The van der Waals surface area contributed by atoms with Crippen LogP contribution in [0.5, 0.6) is 11.5 Å². The van der Waals surface area contributed by atoms with Crippen LogP contribution in [0.2, 0.25) is 0 Å². The van der Waals surface area contributed by atoms with Crippen LogP contribution >= 0.6 is 0 Å². The van der Waals surface area contributed by atoms with Crippen LogP contribution in [-0.2, 0) is 22.7 Å². The summed E-state index contributed by atoms with van der Waals surface area (Å²) in [6, 6.07) is 12.0. The Bertz CT molecular complexity index is 1200. The Labute approximate surface area is 222 Å². The Kier molecular flexibility index (Phi) is 8.83. The molecule has 38 heavy (non-hydrogen) atoms. The van der Waals surface area contributed by atoms with Crippen molar-refractivity contribution < 1.29 is 34.4 Å². The molecule has 0 fully saturated rings. The topological polar surface area (TPSA) is 129 Å². The van der Waals surface area contributed by atoms with Crippen molar-refractivity contribution in [2.24, 2.45) is 0 Å². The predicted molar refractivity (Wildman–Crippen MR) is 140 cm³/mol. The minimum Gasteiger partial charge on any atom is -0.493 e. The zero-order valence-electron chi connectivity index (χ0n) is 21.4. The van der Waals surface area contributed by atoms with Crippen LogP contribution in [0.25, 0.3) is 0 Å². The molecule has 0 saturated carbocycles. The maximum absolute atomic E-state index is 13.4. The fourth-order valence-electron chi connectivity index (χ4n) is 5.13. The van der Waals surface area contributed by atoms with E-state index in [0.717, 1.165) is 5.56 Å². The van der Waals surface area contributed by atoms with Crippen molar-refractivity contribution in [1.82, 2.24) is 10.2 Å². The number of rotatable bonds is 11. The highest BCUT2D eigenvalue weighted by atomic mass is 16.5. The van der Waals surface area contributed by atoms with Gasteiger partial charge in [0.2, 0.25) is 11.8 Å². The van der Waals surface area contributed by atoms with Crippen molar-refractivity contribution in [2.75, 3.05) is 20.3 Å². The summed E-state index contributed by atoms with van der Waals surface area (Å²) in [5, 5.41) is 33.4. The minimum atomic E-state index is -1.17. The zero-order valence-corrected chi connectivity index (χ0v) is 21.4. The zero-order chi connectivity index (χ0) is 27.2. The maximum Gasteiger partial charge on any atom is 0.247 e. The van der Waals surface area contributed by atoms with Gasteiger partial charge in [-0.2, -0.15) is 0 Å². The number of carbonyl (C=O) groups is 2. The number of carbonyl (C=O) groups excluding carboxylic acids is 2. The highest BCUT2D eigenvalue weighted by molar-refractivity contribution is 5.96. The molecular formula is C29H34N2O7. The molecule has 0 radical (unpaired) electrons. The number of methoxy groups -OCH3 is 1. The molecule has 9 nitrogen and oxygen atoms in total. The second kappa shape index (κ2) is 12.3. The first-order valence-electron chi connectivity index (χ1n) is 12.6. The Morgan fingerprint density at radius 3 is 2.61 bits per heavy atom. The molecule has 9 heteroatoms. The number of ether oxygens (including phenoxy) is 2. The normalized spacial score (nSPS) is 21.4. The van der Waals surface area contributed by atoms with E-state index in [2.05, 4.69) is 11.9 Å². The average Bonchev–Trinajstić information content (AvgIpc) is 3.34. The van der Waals surface area contributed by atoms with Crippen molar-refractivity contribution in [2.45, 2.75) is 50.2 Å². The molecule has 0 aromatic heterocycles. The smallest absolute Gasteiger partial charge is 0.247 e. The van der Waals surface area contributed by atoms with Gasteiger partial charge in [0.25, 0.3) is 0 Å². The van der Waals surface area contributed by atoms with Crippen molar-refractivity contribution in [3.05, 3.63) is 83.5 Å². The SMILES string of the molecule is C=CCCC(=O)N(Cc1ccccc1)[C@@H]1C=C(C(=O)NCCO)[C@@H]2c3cc(CO)cc(OC)c3O[C@@H]2[C@H]1O. The number of hydrogen-bond acceptors (Lipinski definition) is 7. The van der Waals surface area contributed by atoms with Crippen LogP contribution in [0.15, 0.2) is 66.8 Å². The quantitative estimate of drug-likeness (QED) is 0.331. The van der Waals surface area contributed by atoms with Gasteiger partial charge in [-0.15, -0.1) is 6.58 Å². The van der Waals surface area contributed by atoms with Gasteiger partial charge in [0.15, 0.2) is 11.5 Å². The third-order valence-electron chi connectivity index (χ3n) is 6.93. The Morgan fingerprint density at radius 2 is 1.95 bits per heavy atom. The minimum absolute atomic E-state index is 0.0422. The lowest BCUT2D eigenvalue weighted by molar-refractivity contribution is -0.138. The monoisotopic (exact) mass is 522 g/mol. The summed E-state index contributed by atoms with van der Waals surface area (Å²) in [7, 11) is 1.48. The molecule has 1 aliphatic carbocycles. The van der Waals surface area contributed by atoms with Gasteiger partial charge in [0.05, 0.1) is 32.3 Å². The first kappa shape index (κ1) is 27.4. The van der Waals surface area contributed by atoms with Crippen molar-refractivity contribution in [3.63, 3.8) is 0 Å². The standard InChI is InChI=1S/C29H34N2O7/c1-3-4-10-24(34)31(16-18-8-6-5-7-9-18)22-15-21(29(36)30-11-12-32)25-20-13-19(17-33)14-23(37-2)27(20)38-28(25)26(22)35/h3,5-9,13-15,22,25-26,28,32-33,35H,1,4,10-12,16-17H2,2H3,(H,30,36)/t22-,25+,26+,28+/m1/s1. The highest BCUT2D eigenvalue weighted by Gasteiger charge is 2.51. The molecule has 4 N–H and O–H groups in total. The van der Waals surface area contributed by atoms with E-state index in [1.807, 2.05) is 30.3 Å². The molecule has 0 saturated heterocycles. The lowest BCUT2D eigenvalue weighted by atomic mass is 9.77. The van der Waals surface area contributed by atoms with Gasteiger partial charge >= 0.3 is 0 Å². The van der Waals surface area contributed by atoms with E-state index in [1.54, 1.807) is 29.2 Å². The number of nitrogens with one attached hydrogen (secondary N) is 1. The van der Waals surface area contributed by atoms with Crippen LogP contribution < -0.4 is 14.8 Å². The lowest BCUT2D eigenvalue weighted by Gasteiger charge is -2.40. The van der Waals surface area contributed by atoms with Gasteiger partial charge in [0, 0.05) is 30.6 Å². The summed E-state index contributed by atoms with van der Waals surface area (Å²) < 4.78 is 11.7. The molecular weight excluding hydrogens is 488 g/mol. The molecule has 2 aromatic rings. The molecule has 2 aliphatic rings. The molecule has 2 aromatic carbocycles. The number of aliphatic hydroxyl groups excluding tert-OH is 3. The van der Waals surface area contributed by atoms with Gasteiger partial charge in [-0.25, -0.2) is 0 Å². The fourth-order valence-corrected chi connectivity index (χ4v) is 5.13. The number of aliphatic hydroxyl groups is 3. The van der Waals surface area contributed by atoms with Crippen molar-refractivity contribution in [1.29, 1.82) is 0 Å².